The molecule has 1 fully saturated rings. The van der Waals surface area contributed by atoms with Gasteiger partial charge in [-0.1, -0.05) is 48.5 Å². The summed E-state index contributed by atoms with van der Waals surface area (Å²) in [6.45, 7) is 2.40. The van der Waals surface area contributed by atoms with E-state index in [1.165, 1.54) is 53.2 Å². The summed E-state index contributed by atoms with van der Waals surface area (Å²) in [7, 11) is 0. The Morgan fingerprint density at radius 1 is 0.632 bits per heavy atom. The number of nitrogens with zero attached hydrogens (tertiary/aromatic N) is 1. The lowest BCUT2D eigenvalue weighted by Crippen LogP contribution is -2.17. The molecule has 0 saturated carbocycles. The van der Waals surface area contributed by atoms with Gasteiger partial charge in [-0.2, -0.15) is 0 Å². The standard InChI is InChI=1S/C18H17N/c1-2-7-15-14(6-1)10-11-17-16(15)8-5-9-18(17)19-12-3-4-13-19/h1-2,5-11H,3-4,12-13H2. The van der Waals surface area contributed by atoms with Crippen LogP contribution in [0, 0.1) is 0 Å². The Morgan fingerprint density at radius 3 is 2.32 bits per heavy atom. The Morgan fingerprint density at radius 2 is 1.42 bits per heavy atom. The van der Waals surface area contributed by atoms with Gasteiger partial charge in [-0.3, -0.25) is 0 Å². The van der Waals surface area contributed by atoms with Crippen LogP contribution in [0.1, 0.15) is 12.8 Å². The van der Waals surface area contributed by atoms with Crippen LogP contribution in [0.25, 0.3) is 21.5 Å². The van der Waals surface area contributed by atoms with Gasteiger partial charge in [0, 0.05) is 24.2 Å². The topological polar surface area (TPSA) is 3.24 Å². The lowest BCUT2D eigenvalue weighted by atomic mass is 10.0. The summed E-state index contributed by atoms with van der Waals surface area (Å²) in [6, 6.07) is 19.9. The Kier molecular flexibility index (Phi) is 2.44. The first-order chi connectivity index (χ1) is 9.43. The van der Waals surface area contributed by atoms with Gasteiger partial charge < -0.3 is 4.90 Å². The van der Waals surface area contributed by atoms with Gasteiger partial charge in [0.2, 0.25) is 0 Å². The first kappa shape index (κ1) is 10.9. The summed E-state index contributed by atoms with van der Waals surface area (Å²) >= 11 is 0. The van der Waals surface area contributed by atoms with E-state index < -0.39 is 0 Å². The van der Waals surface area contributed by atoms with Crippen molar-refractivity contribution in [3.63, 3.8) is 0 Å². The van der Waals surface area contributed by atoms with E-state index in [0.717, 1.165) is 0 Å². The van der Waals surface area contributed by atoms with Crippen LogP contribution in [0.15, 0.2) is 54.6 Å². The fraction of sp³-hybridized carbons (Fsp3) is 0.222. The lowest BCUT2D eigenvalue weighted by molar-refractivity contribution is 0.949. The second-order valence-corrected chi connectivity index (χ2v) is 5.35. The molecule has 0 unspecified atom stereocenters. The minimum atomic E-state index is 1.20. The molecule has 1 aliphatic rings. The zero-order valence-electron chi connectivity index (χ0n) is 11.0. The highest BCUT2D eigenvalue weighted by Gasteiger charge is 2.14. The van der Waals surface area contributed by atoms with Crippen LogP contribution in [-0.2, 0) is 0 Å². The second kappa shape index (κ2) is 4.27. The maximum atomic E-state index is 2.52. The average Bonchev–Trinajstić information content (AvgIpc) is 3.00. The summed E-state index contributed by atoms with van der Waals surface area (Å²) < 4.78 is 0. The third-order valence-electron chi connectivity index (χ3n) is 4.21. The highest BCUT2D eigenvalue weighted by atomic mass is 15.1. The minimum Gasteiger partial charge on any atom is -0.371 e. The fourth-order valence-corrected chi connectivity index (χ4v) is 3.26. The third kappa shape index (κ3) is 1.69. The van der Waals surface area contributed by atoms with E-state index in [0.29, 0.717) is 0 Å². The van der Waals surface area contributed by atoms with Crippen LogP contribution in [0.5, 0.6) is 0 Å². The van der Waals surface area contributed by atoms with Crippen molar-refractivity contribution in [2.24, 2.45) is 0 Å². The van der Waals surface area contributed by atoms with Crippen molar-refractivity contribution < 1.29 is 0 Å². The fourth-order valence-electron chi connectivity index (χ4n) is 3.26. The molecule has 1 nitrogen and oxygen atoms in total. The molecule has 0 aromatic heterocycles. The van der Waals surface area contributed by atoms with Crippen LogP contribution in [0.3, 0.4) is 0 Å². The van der Waals surface area contributed by atoms with E-state index in [1.54, 1.807) is 0 Å². The molecule has 3 aromatic rings. The highest BCUT2D eigenvalue weighted by molar-refractivity contribution is 6.11. The molecule has 3 aromatic carbocycles. The summed E-state index contributed by atoms with van der Waals surface area (Å²) in [4.78, 5) is 2.52. The Hall–Kier alpha value is -2.02. The van der Waals surface area contributed by atoms with Gasteiger partial charge in [-0.05, 0) is 35.1 Å². The molecule has 19 heavy (non-hydrogen) atoms. The van der Waals surface area contributed by atoms with E-state index in [1.807, 2.05) is 0 Å². The number of hydrogen-bond donors (Lipinski definition) is 0. The molecule has 94 valence electrons. The van der Waals surface area contributed by atoms with Crippen molar-refractivity contribution in [2.45, 2.75) is 12.8 Å². The molecule has 0 aliphatic carbocycles. The normalized spacial score (nSPS) is 15.5. The van der Waals surface area contributed by atoms with Gasteiger partial charge in [0.1, 0.15) is 0 Å². The first-order valence-corrected chi connectivity index (χ1v) is 7.09. The van der Waals surface area contributed by atoms with Crippen molar-refractivity contribution in [1.29, 1.82) is 0 Å². The summed E-state index contributed by atoms with van der Waals surface area (Å²) in [6.07, 6.45) is 2.65. The summed E-state index contributed by atoms with van der Waals surface area (Å²) in [5.41, 5.74) is 1.40. The Balaban J connectivity index is 2.03. The monoisotopic (exact) mass is 247 g/mol. The van der Waals surface area contributed by atoms with E-state index in [2.05, 4.69) is 59.5 Å². The second-order valence-electron chi connectivity index (χ2n) is 5.35. The van der Waals surface area contributed by atoms with Gasteiger partial charge in [-0.15, -0.1) is 0 Å². The Bertz CT molecular complexity index is 739. The van der Waals surface area contributed by atoms with Crippen molar-refractivity contribution in [1.82, 2.24) is 0 Å². The number of fused-ring (bicyclic) bond motifs is 3. The van der Waals surface area contributed by atoms with Gasteiger partial charge in [0.25, 0.3) is 0 Å². The molecular weight excluding hydrogens is 230 g/mol. The molecule has 0 radical (unpaired) electrons. The lowest BCUT2D eigenvalue weighted by Gasteiger charge is -2.20. The van der Waals surface area contributed by atoms with Crippen molar-refractivity contribution in [3.05, 3.63) is 54.6 Å². The van der Waals surface area contributed by atoms with Gasteiger partial charge in [0.05, 0.1) is 0 Å². The summed E-state index contributed by atoms with van der Waals surface area (Å²) in [5, 5.41) is 5.46. The number of hydrogen-bond acceptors (Lipinski definition) is 1. The zero-order valence-corrected chi connectivity index (χ0v) is 11.0. The average molecular weight is 247 g/mol. The molecule has 1 aliphatic heterocycles. The molecule has 0 atom stereocenters. The zero-order chi connectivity index (χ0) is 12.7. The smallest absolute Gasteiger partial charge is 0.0446 e. The van der Waals surface area contributed by atoms with Crippen LogP contribution in [0.2, 0.25) is 0 Å². The third-order valence-corrected chi connectivity index (χ3v) is 4.21. The minimum absolute atomic E-state index is 1.20. The molecule has 0 spiro atoms. The predicted molar refractivity (Wildman–Crippen MR) is 82.9 cm³/mol. The van der Waals surface area contributed by atoms with Crippen molar-refractivity contribution in [2.75, 3.05) is 18.0 Å². The van der Waals surface area contributed by atoms with Crippen LogP contribution < -0.4 is 4.90 Å². The maximum absolute atomic E-state index is 2.52. The van der Waals surface area contributed by atoms with Gasteiger partial charge >= 0.3 is 0 Å². The van der Waals surface area contributed by atoms with E-state index in [4.69, 9.17) is 0 Å². The van der Waals surface area contributed by atoms with E-state index >= 15 is 0 Å². The molecule has 1 saturated heterocycles. The molecule has 0 N–H and O–H groups in total. The molecule has 1 heteroatoms. The van der Waals surface area contributed by atoms with Gasteiger partial charge in [-0.25, -0.2) is 0 Å². The van der Waals surface area contributed by atoms with Crippen LogP contribution in [0.4, 0.5) is 5.69 Å². The molecule has 0 amide bonds. The molecule has 1 heterocycles. The molecular formula is C18H17N. The van der Waals surface area contributed by atoms with Crippen LogP contribution >= 0.6 is 0 Å². The van der Waals surface area contributed by atoms with Crippen molar-refractivity contribution >= 4 is 27.2 Å². The SMILES string of the molecule is c1ccc2c(c1)ccc1c(N3CCCC3)cccc12. The first-order valence-electron chi connectivity index (χ1n) is 7.09. The molecule has 4 rings (SSSR count). The van der Waals surface area contributed by atoms with Gasteiger partial charge in [0.15, 0.2) is 0 Å². The van der Waals surface area contributed by atoms with Crippen LogP contribution in [-0.4, -0.2) is 13.1 Å². The van der Waals surface area contributed by atoms with Crippen molar-refractivity contribution in [3.8, 4) is 0 Å². The predicted octanol–water partition coefficient (Wildman–Crippen LogP) is 4.59. The number of benzene rings is 3. The van der Waals surface area contributed by atoms with E-state index in [-0.39, 0.29) is 0 Å². The number of anilines is 1. The highest BCUT2D eigenvalue weighted by Crippen LogP contribution is 2.33. The Labute approximate surface area is 113 Å². The maximum Gasteiger partial charge on any atom is 0.0446 e. The summed E-state index contributed by atoms with van der Waals surface area (Å²) in [5.74, 6) is 0. The quantitative estimate of drug-likeness (QED) is 0.568. The largest absolute Gasteiger partial charge is 0.371 e. The van der Waals surface area contributed by atoms with E-state index in [9.17, 15) is 0 Å². The number of rotatable bonds is 1. The molecule has 0 bridgehead atoms.